The number of benzene rings is 1. The molecule has 2 aromatic heterocycles. The Balaban J connectivity index is 1.56. The molecule has 0 aliphatic carbocycles. The van der Waals surface area contributed by atoms with Crippen LogP contribution in [0.25, 0.3) is 0 Å². The number of nitrogens with zero attached hydrogens (tertiary/aromatic N) is 5. The highest BCUT2D eigenvalue weighted by Crippen LogP contribution is 2.32. The lowest BCUT2D eigenvalue weighted by Gasteiger charge is -2.25. The van der Waals surface area contributed by atoms with Gasteiger partial charge < -0.3 is 0 Å². The molecule has 0 fully saturated rings. The van der Waals surface area contributed by atoms with E-state index in [2.05, 4.69) is 20.3 Å². The van der Waals surface area contributed by atoms with Crippen molar-refractivity contribution < 1.29 is 18.1 Å². The van der Waals surface area contributed by atoms with E-state index in [4.69, 9.17) is 0 Å². The number of anilines is 1. The number of amides is 1. The zero-order chi connectivity index (χ0) is 22.2. The Morgan fingerprint density at radius 3 is 2.84 bits per heavy atom. The molecule has 1 aliphatic rings. The zero-order valence-electron chi connectivity index (χ0n) is 16.2. The molecule has 4 rings (SSSR count). The molecule has 0 saturated carbocycles. The fourth-order valence-electron chi connectivity index (χ4n) is 3.13. The molecule has 31 heavy (non-hydrogen) atoms. The van der Waals surface area contributed by atoms with Gasteiger partial charge in [-0.25, -0.2) is 18.4 Å². The maximum Gasteiger partial charge on any atom is 0.277 e. The van der Waals surface area contributed by atoms with Crippen LogP contribution in [0.15, 0.2) is 41.7 Å². The number of aryl methyl sites for hydroxylation is 1. The molecule has 13 heteroatoms. The highest BCUT2D eigenvalue weighted by atomic mass is 32.2. The maximum absolute atomic E-state index is 13.2. The van der Waals surface area contributed by atoms with Crippen LogP contribution in [0.2, 0.25) is 0 Å². The van der Waals surface area contributed by atoms with Gasteiger partial charge >= 0.3 is 0 Å². The molecule has 0 spiro atoms. The monoisotopic (exact) mass is 460 g/mol. The normalized spacial score (nSPS) is 14.1. The van der Waals surface area contributed by atoms with Crippen molar-refractivity contribution in [3.8, 4) is 0 Å². The van der Waals surface area contributed by atoms with Crippen LogP contribution < -0.4 is 5.32 Å². The van der Waals surface area contributed by atoms with Gasteiger partial charge in [0.15, 0.2) is 5.13 Å². The second-order valence-corrected chi connectivity index (χ2v) is 9.72. The number of non-ortho nitro benzene ring substituents is 1. The predicted molar refractivity (Wildman–Crippen MR) is 111 cm³/mol. The second-order valence-electron chi connectivity index (χ2n) is 6.73. The Labute approximate surface area is 181 Å². The van der Waals surface area contributed by atoms with E-state index in [0.717, 1.165) is 6.07 Å². The number of rotatable bonds is 5. The largest absolute Gasteiger partial charge is 0.296 e. The minimum absolute atomic E-state index is 0.0679. The number of sulfonamides is 1. The molecule has 3 aromatic rings. The number of carbonyl (C=O) groups excluding carboxylic acids is 1. The van der Waals surface area contributed by atoms with Crippen LogP contribution in [0.3, 0.4) is 0 Å². The molecular weight excluding hydrogens is 444 g/mol. The summed E-state index contributed by atoms with van der Waals surface area (Å²) >= 11 is 1.18. The SMILES string of the molecule is Cc1ccc([N+](=O)[O-])cc1S(=O)(=O)N1CCc2nc(NC(=O)c3cnccn3)sc2C1. The van der Waals surface area contributed by atoms with E-state index < -0.39 is 20.9 Å². The van der Waals surface area contributed by atoms with Gasteiger partial charge in [-0.2, -0.15) is 4.31 Å². The molecule has 0 unspecified atom stereocenters. The van der Waals surface area contributed by atoms with Crippen LogP contribution in [-0.4, -0.2) is 45.1 Å². The van der Waals surface area contributed by atoms with E-state index >= 15 is 0 Å². The Bertz CT molecular complexity index is 1280. The van der Waals surface area contributed by atoms with Crippen molar-refractivity contribution in [3.63, 3.8) is 0 Å². The van der Waals surface area contributed by atoms with Crippen molar-refractivity contribution in [1.29, 1.82) is 0 Å². The Kier molecular flexibility index (Phi) is 5.47. The van der Waals surface area contributed by atoms with E-state index in [-0.39, 0.29) is 29.4 Å². The molecule has 11 nitrogen and oxygen atoms in total. The lowest BCUT2D eigenvalue weighted by Crippen LogP contribution is -2.35. The summed E-state index contributed by atoms with van der Waals surface area (Å²) in [7, 11) is -3.95. The number of carbonyl (C=O) groups is 1. The topological polar surface area (TPSA) is 148 Å². The summed E-state index contributed by atoms with van der Waals surface area (Å²) in [5, 5.41) is 14.1. The molecule has 1 N–H and O–H groups in total. The van der Waals surface area contributed by atoms with Crippen LogP contribution in [0, 0.1) is 17.0 Å². The van der Waals surface area contributed by atoms with Crippen molar-refractivity contribution in [2.24, 2.45) is 0 Å². The van der Waals surface area contributed by atoms with Crippen molar-refractivity contribution in [2.45, 2.75) is 24.8 Å². The van der Waals surface area contributed by atoms with E-state index in [1.165, 1.54) is 46.4 Å². The summed E-state index contributed by atoms with van der Waals surface area (Å²) < 4.78 is 27.6. The molecule has 1 aliphatic heterocycles. The maximum atomic E-state index is 13.2. The molecule has 0 atom stereocenters. The molecule has 3 heterocycles. The summed E-state index contributed by atoms with van der Waals surface area (Å²) in [6, 6.07) is 3.78. The number of fused-ring (bicyclic) bond motifs is 1. The number of thiazole rings is 1. The molecule has 0 radical (unpaired) electrons. The number of nitrogens with one attached hydrogen (secondary N) is 1. The molecular formula is C18H16N6O5S2. The van der Waals surface area contributed by atoms with Crippen LogP contribution in [0.4, 0.5) is 10.8 Å². The summed E-state index contributed by atoms with van der Waals surface area (Å²) in [5.41, 5.74) is 0.994. The first-order chi connectivity index (χ1) is 14.8. The number of aromatic nitrogens is 3. The first kappa shape index (κ1) is 21.0. The minimum Gasteiger partial charge on any atom is -0.296 e. The third-order valence-corrected chi connectivity index (χ3v) is 7.70. The van der Waals surface area contributed by atoms with Gasteiger partial charge in [-0.05, 0) is 12.5 Å². The molecule has 1 aromatic carbocycles. The highest BCUT2D eigenvalue weighted by molar-refractivity contribution is 7.89. The fraction of sp³-hybridized carbons (Fsp3) is 0.222. The fourth-order valence-corrected chi connectivity index (χ4v) is 5.88. The predicted octanol–water partition coefficient (Wildman–Crippen LogP) is 2.15. The van der Waals surface area contributed by atoms with Crippen molar-refractivity contribution in [1.82, 2.24) is 19.3 Å². The van der Waals surface area contributed by atoms with Crippen LogP contribution in [0.1, 0.15) is 26.6 Å². The molecule has 160 valence electrons. The standard InChI is InChI=1S/C18H16N6O5S2/c1-11-2-3-12(24(26)27)8-16(11)31(28,29)23-7-4-13-15(10-23)30-18(21-13)22-17(25)14-9-19-5-6-20-14/h2-3,5-6,8-9H,4,7,10H2,1H3,(H,21,22,25). The lowest BCUT2D eigenvalue weighted by atomic mass is 10.2. The average molecular weight is 460 g/mol. The van der Waals surface area contributed by atoms with Gasteiger partial charge in [0.2, 0.25) is 10.0 Å². The van der Waals surface area contributed by atoms with Gasteiger partial charge in [-0.1, -0.05) is 6.07 Å². The Morgan fingerprint density at radius 2 is 2.13 bits per heavy atom. The third kappa shape index (κ3) is 4.15. The summed E-state index contributed by atoms with van der Waals surface area (Å²) in [5.74, 6) is -0.462. The summed E-state index contributed by atoms with van der Waals surface area (Å²) in [4.78, 5) is 35.5. The van der Waals surface area contributed by atoms with Crippen LogP contribution in [-0.2, 0) is 23.0 Å². The van der Waals surface area contributed by atoms with Gasteiger partial charge in [0.05, 0.1) is 28.3 Å². The van der Waals surface area contributed by atoms with E-state index in [0.29, 0.717) is 27.7 Å². The van der Waals surface area contributed by atoms with Crippen molar-refractivity contribution >= 4 is 38.1 Å². The molecule has 1 amide bonds. The third-order valence-electron chi connectivity index (χ3n) is 4.71. The summed E-state index contributed by atoms with van der Waals surface area (Å²) in [6.45, 7) is 1.84. The smallest absolute Gasteiger partial charge is 0.277 e. The van der Waals surface area contributed by atoms with E-state index in [1.54, 1.807) is 6.92 Å². The highest BCUT2D eigenvalue weighted by Gasteiger charge is 2.32. The Hall–Kier alpha value is -3.29. The zero-order valence-corrected chi connectivity index (χ0v) is 17.8. The summed E-state index contributed by atoms with van der Waals surface area (Å²) in [6.07, 6.45) is 4.55. The number of hydrogen-bond donors (Lipinski definition) is 1. The quantitative estimate of drug-likeness (QED) is 0.450. The molecule has 0 saturated heterocycles. The van der Waals surface area contributed by atoms with Crippen molar-refractivity contribution in [3.05, 3.63) is 68.7 Å². The van der Waals surface area contributed by atoms with Gasteiger partial charge in [-0.15, -0.1) is 11.3 Å². The van der Waals surface area contributed by atoms with Gasteiger partial charge in [0.25, 0.3) is 11.6 Å². The number of nitro benzene ring substituents is 1. The van der Waals surface area contributed by atoms with E-state index in [1.807, 2.05) is 0 Å². The average Bonchev–Trinajstić information content (AvgIpc) is 3.15. The van der Waals surface area contributed by atoms with Gasteiger partial charge in [0, 0.05) is 42.4 Å². The van der Waals surface area contributed by atoms with Gasteiger partial charge in [0.1, 0.15) is 5.69 Å². The minimum atomic E-state index is -3.95. The van der Waals surface area contributed by atoms with E-state index in [9.17, 15) is 23.3 Å². The molecule has 0 bridgehead atoms. The number of hydrogen-bond acceptors (Lipinski definition) is 9. The number of nitro groups is 1. The second kappa shape index (κ2) is 8.09. The lowest BCUT2D eigenvalue weighted by molar-refractivity contribution is -0.385. The van der Waals surface area contributed by atoms with Crippen LogP contribution in [0.5, 0.6) is 0 Å². The van der Waals surface area contributed by atoms with Crippen molar-refractivity contribution in [2.75, 3.05) is 11.9 Å². The first-order valence-electron chi connectivity index (χ1n) is 9.07. The first-order valence-corrected chi connectivity index (χ1v) is 11.3. The van der Waals surface area contributed by atoms with Crippen LogP contribution >= 0.6 is 11.3 Å². The van der Waals surface area contributed by atoms with Gasteiger partial charge in [-0.3, -0.25) is 25.2 Å². The Morgan fingerprint density at radius 1 is 1.32 bits per heavy atom.